The molecule has 5 heteroatoms. The molecule has 1 aromatic rings. The predicted molar refractivity (Wildman–Crippen MR) is 151 cm³/mol. The summed E-state index contributed by atoms with van der Waals surface area (Å²) in [6.45, 7) is 21.1. The van der Waals surface area contributed by atoms with Gasteiger partial charge >= 0.3 is 0 Å². The van der Waals surface area contributed by atoms with Gasteiger partial charge in [0.15, 0.2) is 0 Å². The first-order valence-electron chi connectivity index (χ1n) is 13.9. The van der Waals surface area contributed by atoms with Crippen molar-refractivity contribution in [1.29, 1.82) is 0 Å². The molecule has 0 radical (unpaired) electrons. The van der Waals surface area contributed by atoms with E-state index in [1.807, 2.05) is 6.92 Å². The third-order valence-electron chi connectivity index (χ3n) is 8.18. The Morgan fingerprint density at radius 2 is 1.81 bits per heavy atom. The van der Waals surface area contributed by atoms with Crippen LogP contribution in [-0.2, 0) is 10.2 Å². The SMILES string of the molecule is CCN(CC)CCNC(=O)C1CC(C(CC)(CC)c2ccc(C#CC(C)(O)CC)c(C)c2)=CN1CC. The molecular formula is C31H49N3O2. The standard InChI is InChI=1S/C31H49N3O2/c1-9-30(8,36)18-17-25-15-16-26(21-24(25)7)31(10-2,11-3)27-22-28(34(14-6)23-27)29(35)32-19-20-33(12-4)13-5/h15-16,21,23,28,36H,9-14,19-20,22H2,1-8H3,(H,32,35). The largest absolute Gasteiger partial charge is 0.378 e. The number of rotatable bonds is 12. The number of hydrogen-bond donors (Lipinski definition) is 2. The second kappa shape index (κ2) is 13.3. The van der Waals surface area contributed by atoms with Crippen molar-refractivity contribution in [2.45, 2.75) is 98.1 Å². The summed E-state index contributed by atoms with van der Waals surface area (Å²) < 4.78 is 0. The zero-order valence-corrected chi connectivity index (χ0v) is 24.0. The van der Waals surface area contributed by atoms with Crippen LogP contribution in [0.25, 0.3) is 0 Å². The molecule has 5 nitrogen and oxygen atoms in total. The molecule has 0 aliphatic carbocycles. The van der Waals surface area contributed by atoms with Gasteiger partial charge in [-0.15, -0.1) is 0 Å². The maximum Gasteiger partial charge on any atom is 0.243 e. The summed E-state index contributed by atoms with van der Waals surface area (Å²) in [4.78, 5) is 17.7. The summed E-state index contributed by atoms with van der Waals surface area (Å²) in [5.41, 5.74) is 3.61. The first kappa shape index (κ1) is 29.9. The van der Waals surface area contributed by atoms with Crippen LogP contribution < -0.4 is 5.32 Å². The smallest absolute Gasteiger partial charge is 0.243 e. The van der Waals surface area contributed by atoms with Crippen molar-refractivity contribution in [1.82, 2.24) is 15.1 Å². The Hall–Kier alpha value is -2.29. The van der Waals surface area contributed by atoms with Crippen molar-refractivity contribution in [2.24, 2.45) is 0 Å². The van der Waals surface area contributed by atoms with Gasteiger partial charge in [0, 0.05) is 43.2 Å². The minimum absolute atomic E-state index is 0.116. The van der Waals surface area contributed by atoms with Gasteiger partial charge in [0.05, 0.1) is 0 Å². The lowest BCUT2D eigenvalue weighted by molar-refractivity contribution is -0.125. The molecule has 1 aromatic carbocycles. The summed E-state index contributed by atoms with van der Waals surface area (Å²) in [6, 6.07) is 6.39. The van der Waals surface area contributed by atoms with E-state index >= 15 is 0 Å². The van der Waals surface area contributed by atoms with Crippen LogP contribution in [0.5, 0.6) is 0 Å². The van der Waals surface area contributed by atoms with Gasteiger partial charge in [0.25, 0.3) is 0 Å². The molecular weight excluding hydrogens is 446 g/mol. The second-order valence-corrected chi connectivity index (χ2v) is 10.2. The highest BCUT2D eigenvalue weighted by atomic mass is 16.3. The molecule has 2 N–H and O–H groups in total. The van der Waals surface area contributed by atoms with E-state index in [0.717, 1.165) is 56.6 Å². The lowest BCUT2D eigenvalue weighted by Crippen LogP contribution is -2.45. The number of carbonyl (C=O) groups excluding carboxylic acids is 1. The number of benzene rings is 1. The average Bonchev–Trinajstić information content (AvgIpc) is 3.32. The number of nitrogens with one attached hydrogen (secondary N) is 1. The minimum atomic E-state index is -0.971. The summed E-state index contributed by atoms with van der Waals surface area (Å²) >= 11 is 0. The van der Waals surface area contributed by atoms with Crippen LogP contribution in [0.3, 0.4) is 0 Å². The third-order valence-corrected chi connectivity index (χ3v) is 8.18. The Morgan fingerprint density at radius 3 is 2.33 bits per heavy atom. The Morgan fingerprint density at radius 1 is 1.14 bits per heavy atom. The molecule has 2 unspecified atom stereocenters. The molecule has 0 fully saturated rings. The Kier molecular flexibility index (Phi) is 11.1. The van der Waals surface area contributed by atoms with Crippen LogP contribution in [0.2, 0.25) is 0 Å². The Labute approximate surface area is 220 Å². The zero-order chi connectivity index (χ0) is 26.9. The normalized spacial score (nSPS) is 17.4. The number of aryl methyl sites for hydroxylation is 1. The fourth-order valence-corrected chi connectivity index (χ4v) is 5.23. The summed E-state index contributed by atoms with van der Waals surface area (Å²) in [5, 5.41) is 13.5. The lowest BCUT2D eigenvalue weighted by Gasteiger charge is -2.34. The van der Waals surface area contributed by atoms with Crippen molar-refractivity contribution in [3.05, 3.63) is 46.7 Å². The summed E-state index contributed by atoms with van der Waals surface area (Å²) in [5.74, 6) is 6.32. The first-order valence-corrected chi connectivity index (χ1v) is 13.9. The molecule has 0 saturated carbocycles. The number of likely N-dealkylation sites (N-methyl/N-ethyl adjacent to an activating group) is 2. The highest BCUT2D eigenvalue weighted by Gasteiger charge is 2.40. The van der Waals surface area contributed by atoms with E-state index in [-0.39, 0.29) is 17.4 Å². The van der Waals surface area contributed by atoms with Crippen molar-refractivity contribution in [3.63, 3.8) is 0 Å². The highest BCUT2D eigenvalue weighted by Crippen LogP contribution is 2.44. The third kappa shape index (κ3) is 6.93. The first-order chi connectivity index (χ1) is 17.1. The van der Waals surface area contributed by atoms with Crippen LogP contribution in [0.4, 0.5) is 0 Å². The molecule has 200 valence electrons. The number of aliphatic hydroxyl groups is 1. The number of carbonyl (C=O) groups is 1. The van der Waals surface area contributed by atoms with E-state index in [4.69, 9.17) is 0 Å². The van der Waals surface area contributed by atoms with E-state index < -0.39 is 5.60 Å². The highest BCUT2D eigenvalue weighted by molar-refractivity contribution is 5.83. The number of nitrogens with zero attached hydrogens (tertiary/aromatic N) is 2. The molecule has 0 bridgehead atoms. The molecule has 1 heterocycles. The molecule has 1 aliphatic heterocycles. The lowest BCUT2D eigenvalue weighted by atomic mass is 9.69. The minimum Gasteiger partial charge on any atom is -0.378 e. The average molecular weight is 496 g/mol. The van der Waals surface area contributed by atoms with Crippen LogP contribution >= 0.6 is 0 Å². The maximum atomic E-state index is 13.2. The van der Waals surface area contributed by atoms with Gasteiger partial charge in [0.1, 0.15) is 11.6 Å². The van der Waals surface area contributed by atoms with Gasteiger partial charge < -0.3 is 20.2 Å². The Balaban J connectivity index is 2.28. The van der Waals surface area contributed by atoms with Crippen LogP contribution in [0.15, 0.2) is 30.0 Å². The van der Waals surface area contributed by atoms with Crippen LogP contribution in [0, 0.1) is 18.8 Å². The summed E-state index contributed by atoms with van der Waals surface area (Å²) in [6.07, 6.45) is 5.55. The van der Waals surface area contributed by atoms with Gasteiger partial charge in [-0.2, -0.15) is 0 Å². The quantitative estimate of drug-likeness (QED) is 0.401. The van der Waals surface area contributed by atoms with Crippen molar-refractivity contribution in [2.75, 3.05) is 32.7 Å². The molecule has 36 heavy (non-hydrogen) atoms. The van der Waals surface area contributed by atoms with E-state index in [9.17, 15) is 9.90 Å². The van der Waals surface area contributed by atoms with E-state index in [1.54, 1.807) is 6.92 Å². The van der Waals surface area contributed by atoms with Gasteiger partial charge in [-0.05, 0) is 75.9 Å². The number of hydrogen-bond acceptors (Lipinski definition) is 4. The van der Waals surface area contributed by atoms with E-state index in [1.165, 1.54) is 11.1 Å². The fourth-order valence-electron chi connectivity index (χ4n) is 5.23. The fraction of sp³-hybridized carbons (Fsp3) is 0.645. The molecule has 0 aromatic heterocycles. The summed E-state index contributed by atoms with van der Waals surface area (Å²) in [7, 11) is 0. The van der Waals surface area contributed by atoms with Gasteiger partial charge in [-0.1, -0.05) is 58.6 Å². The topological polar surface area (TPSA) is 55.8 Å². The monoisotopic (exact) mass is 495 g/mol. The van der Waals surface area contributed by atoms with Crippen LogP contribution in [-0.4, -0.2) is 65.2 Å². The second-order valence-electron chi connectivity index (χ2n) is 10.2. The van der Waals surface area contributed by atoms with Gasteiger partial charge in [0.2, 0.25) is 5.91 Å². The molecule has 2 atom stereocenters. The number of amides is 1. The predicted octanol–water partition coefficient (Wildman–Crippen LogP) is 5.00. The van der Waals surface area contributed by atoms with E-state index in [0.29, 0.717) is 13.0 Å². The Bertz CT molecular complexity index is 962. The van der Waals surface area contributed by atoms with Crippen molar-refractivity contribution < 1.29 is 9.90 Å². The molecule has 0 saturated heterocycles. The van der Waals surface area contributed by atoms with Crippen LogP contribution in [0.1, 0.15) is 90.8 Å². The van der Waals surface area contributed by atoms with E-state index in [2.05, 4.69) is 92.9 Å². The molecule has 1 aliphatic rings. The zero-order valence-electron chi connectivity index (χ0n) is 24.0. The van der Waals surface area contributed by atoms with Crippen molar-refractivity contribution >= 4 is 5.91 Å². The van der Waals surface area contributed by atoms with Gasteiger partial charge in [-0.25, -0.2) is 0 Å². The molecule has 2 rings (SSSR count). The molecule has 1 amide bonds. The van der Waals surface area contributed by atoms with Crippen molar-refractivity contribution in [3.8, 4) is 11.8 Å². The maximum absolute atomic E-state index is 13.2. The molecule has 0 spiro atoms. The van der Waals surface area contributed by atoms with Gasteiger partial charge in [-0.3, -0.25) is 4.79 Å².